The molecule has 2 aromatic heterocycles. The standard InChI is InChI=1S/C20H18BrN3O2S/c1-11-17(20(26)24-16-6-5-13(21)9-22-16)18(12-7-8-27-10-12)19-14(23-11)3-2-4-15(19)25/h5-10,18,23H,2-4H2,1H3,(H,22,24,26). The number of pyridine rings is 1. The molecule has 1 unspecified atom stereocenters. The Morgan fingerprint density at radius 2 is 2.19 bits per heavy atom. The number of halogens is 1. The van der Waals surface area contributed by atoms with Crippen LogP contribution in [-0.2, 0) is 9.59 Å². The molecule has 27 heavy (non-hydrogen) atoms. The van der Waals surface area contributed by atoms with Gasteiger partial charge in [0.2, 0.25) is 0 Å². The van der Waals surface area contributed by atoms with Gasteiger partial charge < -0.3 is 10.6 Å². The summed E-state index contributed by atoms with van der Waals surface area (Å²) in [5, 5.41) is 10.2. The highest BCUT2D eigenvalue weighted by atomic mass is 79.9. The topological polar surface area (TPSA) is 71.1 Å². The Balaban J connectivity index is 1.74. The fraction of sp³-hybridized carbons (Fsp3) is 0.250. The zero-order valence-electron chi connectivity index (χ0n) is 14.7. The number of dihydropyridines is 1. The lowest BCUT2D eigenvalue weighted by Crippen LogP contribution is -2.35. The first-order valence-corrected chi connectivity index (χ1v) is 10.5. The van der Waals surface area contributed by atoms with E-state index in [1.54, 1.807) is 23.6 Å². The van der Waals surface area contributed by atoms with Crippen LogP contribution in [0, 0.1) is 0 Å². The average molecular weight is 444 g/mol. The molecular formula is C20H18BrN3O2S. The molecule has 0 fully saturated rings. The van der Waals surface area contributed by atoms with E-state index in [0.717, 1.165) is 39.8 Å². The van der Waals surface area contributed by atoms with Gasteiger partial charge in [-0.25, -0.2) is 4.98 Å². The van der Waals surface area contributed by atoms with Gasteiger partial charge in [0.1, 0.15) is 5.82 Å². The van der Waals surface area contributed by atoms with Gasteiger partial charge in [-0.3, -0.25) is 9.59 Å². The summed E-state index contributed by atoms with van der Waals surface area (Å²) < 4.78 is 0.842. The largest absolute Gasteiger partial charge is 0.362 e. The van der Waals surface area contributed by atoms with E-state index in [2.05, 4.69) is 31.5 Å². The lowest BCUT2D eigenvalue weighted by molar-refractivity contribution is -0.116. The normalized spacial score (nSPS) is 19.6. The molecule has 0 radical (unpaired) electrons. The van der Waals surface area contributed by atoms with Crippen molar-refractivity contribution in [2.75, 3.05) is 5.32 Å². The zero-order chi connectivity index (χ0) is 19.0. The number of ketones is 1. The number of hydrogen-bond acceptors (Lipinski definition) is 5. The van der Waals surface area contributed by atoms with Crippen molar-refractivity contribution in [2.24, 2.45) is 0 Å². The van der Waals surface area contributed by atoms with Gasteiger partial charge in [-0.2, -0.15) is 11.3 Å². The lowest BCUT2D eigenvalue weighted by atomic mass is 9.75. The van der Waals surface area contributed by atoms with E-state index in [1.165, 1.54) is 0 Å². The van der Waals surface area contributed by atoms with E-state index in [9.17, 15) is 9.59 Å². The third kappa shape index (κ3) is 3.49. The van der Waals surface area contributed by atoms with Crippen LogP contribution < -0.4 is 10.6 Å². The van der Waals surface area contributed by atoms with E-state index in [1.807, 2.05) is 29.8 Å². The third-order valence-electron chi connectivity index (χ3n) is 4.87. The van der Waals surface area contributed by atoms with E-state index >= 15 is 0 Å². The molecular weight excluding hydrogens is 426 g/mol. The molecule has 138 valence electrons. The molecule has 4 rings (SSSR count). The second-order valence-corrected chi connectivity index (χ2v) is 8.33. The summed E-state index contributed by atoms with van der Waals surface area (Å²) >= 11 is 4.91. The average Bonchev–Trinajstić information content (AvgIpc) is 3.17. The Labute approximate surface area is 169 Å². The molecule has 1 atom stereocenters. The Morgan fingerprint density at radius 3 is 2.89 bits per heavy atom. The van der Waals surface area contributed by atoms with Crippen molar-refractivity contribution in [3.63, 3.8) is 0 Å². The summed E-state index contributed by atoms with van der Waals surface area (Å²) in [5.41, 5.74) is 4.04. The molecule has 7 heteroatoms. The summed E-state index contributed by atoms with van der Waals surface area (Å²) in [4.78, 5) is 30.1. The number of allylic oxidation sites excluding steroid dienone is 3. The fourth-order valence-corrected chi connectivity index (χ4v) is 4.61. The molecule has 1 aliphatic carbocycles. The van der Waals surface area contributed by atoms with Gasteiger partial charge in [0, 0.05) is 45.5 Å². The highest BCUT2D eigenvalue weighted by Crippen LogP contribution is 2.42. The first-order valence-electron chi connectivity index (χ1n) is 8.73. The van der Waals surface area contributed by atoms with Crippen LogP contribution in [0.25, 0.3) is 0 Å². The minimum atomic E-state index is -0.337. The molecule has 0 spiro atoms. The SMILES string of the molecule is CC1=C(C(=O)Nc2ccc(Br)cn2)C(c2ccsc2)C2=C(CCCC2=O)N1. The summed E-state index contributed by atoms with van der Waals surface area (Å²) in [6.45, 7) is 1.89. The van der Waals surface area contributed by atoms with Gasteiger partial charge in [-0.05, 0) is 70.2 Å². The number of hydrogen-bond donors (Lipinski definition) is 2. The number of amides is 1. The van der Waals surface area contributed by atoms with Crippen molar-refractivity contribution in [3.05, 3.63) is 67.7 Å². The lowest BCUT2D eigenvalue weighted by Gasteiger charge is -2.34. The maximum absolute atomic E-state index is 13.2. The number of Topliss-reactive ketones (excluding diaryl/α,β-unsaturated/α-hetero) is 1. The summed E-state index contributed by atoms with van der Waals surface area (Å²) in [5.74, 6) is 0.0218. The number of anilines is 1. The van der Waals surface area contributed by atoms with Crippen molar-refractivity contribution >= 4 is 44.8 Å². The maximum Gasteiger partial charge on any atom is 0.255 e. The van der Waals surface area contributed by atoms with Gasteiger partial charge in [0.25, 0.3) is 5.91 Å². The van der Waals surface area contributed by atoms with E-state index in [-0.39, 0.29) is 17.6 Å². The number of rotatable bonds is 3. The molecule has 0 saturated carbocycles. The van der Waals surface area contributed by atoms with Crippen LogP contribution in [0.5, 0.6) is 0 Å². The van der Waals surface area contributed by atoms with Crippen LogP contribution in [0.1, 0.15) is 37.7 Å². The minimum absolute atomic E-state index is 0.125. The molecule has 1 aliphatic heterocycles. The first kappa shape index (κ1) is 18.1. The second-order valence-electron chi connectivity index (χ2n) is 6.64. The van der Waals surface area contributed by atoms with E-state index in [4.69, 9.17) is 0 Å². The van der Waals surface area contributed by atoms with Crippen LogP contribution >= 0.6 is 27.3 Å². The Hall–Kier alpha value is -2.25. The predicted molar refractivity (Wildman–Crippen MR) is 109 cm³/mol. The molecule has 0 aromatic carbocycles. The molecule has 0 bridgehead atoms. The third-order valence-corrected chi connectivity index (χ3v) is 6.04. The maximum atomic E-state index is 13.2. The number of thiophene rings is 1. The summed E-state index contributed by atoms with van der Waals surface area (Å²) in [6, 6.07) is 5.56. The van der Waals surface area contributed by atoms with Gasteiger partial charge in [-0.1, -0.05) is 0 Å². The van der Waals surface area contributed by atoms with Crippen molar-refractivity contribution in [2.45, 2.75) is 32.1 Å². The Morgan fingerprint density at radius 1 is 1.33 bits per heavy atom. The Kier molecular flexibility index (Phi) is 4.97. The predicted octanol–water partition coefficient (Wildman–Crippen LogP) is 4.51. The number of carbonyl (C=O) groups is 2. The number of nitrogens with one attached hydrogen (secondary N) is 2. The number of carbonyl (C=O) groups excluding carboxylic acids is 2. The van der Waals surface area contributed by atoms with Crippen LogP contribution in [0.4, 0.5) is 5.82 Å². The van der Waals surface area contributed by atoms with Crippen molar-refractivity contribution < 1.29 is 9.59 Å². The van der Waals surface area contributed by atoms with Crippen LogP contribution in [-0.4, -0.2) is 16.7 Å². The van der Waals surface area contributed by atoms with Gasteiger partial charge in [0.05, 0.1) is 0 Å². The fourth-order valence-electron chi connectivity index (χ4n) is 3.69. The smallest absolute Gasteiger partial charge is 0.255 e. The second kappa shape index (κ2) is 7.40. The number of nitrogens with zero attached hydrogens (tertiary/aromatic N) is 1. The molecule has 0 saturated heterocycles. The molecule has 2 aliphatic rings. The first-order chi connectivity index (χ1) is 13.0. The van der Waals surface area contributed by atoms with Gasteiger partial charge >= 0.3 is 0 Å². The number of aromatic nitrogens is 1. The Bertz CT molecular complexity index is 962. The molecule has 1 amide bonds. The van der Waals surface area contributed by atoms with Crippen LogP contribution in [0.3, 0.4) is 0 Å². The molecule has 3 heterocycles. The van der Waals surface area contributed by atoms with Gasteiger partial charge in [-0.15, -0.1) is 0 Å². The highest BCUT2D eigenvalue weighted by molar-refractivity contribution is 9.10. The van der Waals surface area contributed by atoms with Crippen molar-refractivity contribution in [1.29, 1.82) is 0 Å². The minimum Gasteiger partial charge on any atom is -0.362 e. The van der Waals surface area contributed by atoms with Crippen molar-refractivity contribution in [1.82, 2.24) is 10.3 Å². The van der Waals surface area contributed by atoms with Crippen LogP contribution in [0.15, 0.2) is 62.2 Å². The molecule has 2 aromatic rings. The molecule has 2 N–H and O–H groups in total. The van der Waals surface area contributed by atoms with Crippen molar-refractivity contribution in [3.8, 4) is 0 Å². The van der Waals surface area contributed by atoms with E-state index in [0.29, 0.717) is 17.8 Å². The zero-order valence-corrected chi connectivity index (χ0v) is 17.1. The molecule has 5 nitrogen and oxygen atoms in total. The quantitative estimate of drug-likeness (QED) is 0.731. The highest BCUT2D eigenvalue weighted by Gasteiger charge is 2.38. The van der Waals surface area contributed by atoms with Gasteiger partial charge in [0.15, 0.2) is 5.78 Å². The van der Waals surface area contributed by atoms with E-state index < -0.39 is 0 Å². The summed E-state index contributed by atoms with van der Waals surface area (Å²) in [6.07, 6.45) is 3.85. The summed E-state index contributed by atoms with van der Waals surface area (Å²) in [7, 11) is 0. The van der Waals surface area contributed by atoms with Crippen LogP contribution in [0.2, 0.25) is 0 Å². The monoisotopic (exact) mass is 443 g/mol.